The number of benzene rings is 3. The lowest BCUT2D eigenvalue weighted by Gasteiger charge is -2.06. The van der Waals surface area contributed by atoms with Crippen LogP contribution in [0.2, 0.25) is 0 Å². The van der Waals surface area contributed by atoms with Gasteiger partial charge in [-0.05, 0) is 42.0 Å². The van der Waals surface area contributed by atoms with E-state index in [4.69, 9.17) is 4.74 Å². The fraction of sp³-hybridized carbons (Fsp3) is 0. The van der Waals surface area contributed by atoms with Crippen LogP contribution in [0.4, 0.5) is 10.5 Å². The molecule has 5 heteroatoms. The van der Waals surface area contributed by atoms with E-state index in [-0.39, 0.29) is 0 Å². The van der Waals surface area contributed by atoms with Crippen molar-refractivity contribution in [2.24, 2.45) is 5.10 Å². The molecule has 124 valence electrons. The van der Waals surface area contributed by atoms with Crippen LogP contribution in [0.3, 0.4) is 0 Å². The monoisotopic (exact) mass is 331 g/mol. The molecule has 0 fully saturated rings. The molecule has 2 N–H and O–H groups in total. The molecule has 5 nitrogen and oxygen atoms in total. The second-order valence-electron chi connectivity index (χ2n) is 5.18. The number of hydrogen-bond acceptors (Lipinski definition) is 3. The molecule has 0 aromatic heterocycles. The zero-order valence-corrected chi connectivity index (χ0v) is 13.4. The Balaban J connectivity index is 1.56. The smallest absolute Gasteiger partial charge is 0.339 e. The van der Waals surface area contributed by atoms with Crippen molar-refractivity contribution < 1.29 is 9.53 Å². The number of anilines is 1. The van der Waals surface area contributed by atoms with Crippen molar-refractivity contribution in [2.45, 2.75) is 0 Å². The summed E-state index contributed by atoms with van der Waals surface area (Å²) in [6.45, 7) is 0. The molecule has 3 rings (SSSR count). The molecule has 0 saturated carbocycles. The molecule has 0 heterocycles. The van der Waals surface area contributed by atoms with Crippen molar-refractivity contribution >= 4 is 17.9 Å². The van der Waals surface area contributed by atoms with Gasteiger partial charge in [-0.3, -0.25) is 0 Å². The van der Waals surface area contributed by atoms with Crippen LogP contribution in [0.5, 0.6) is 11.5 Å². The van der Waals surface area contributed by atoms with Crippen LogP contribution in [-0.2, 0) is 0 Å². The first kappa shape index (κ1) is 16.3. The van der Waals surface area contributed by atoms with Gasteiger partial charge in [-0.1, -0.05) is 48.5 Å². The number of hydrogen-bond donors (Lipinski definition) is 2. The van der Waals surface area contributed by atoms with Gasteiger partial charge in [0.2, 0.25) is 0 Å². The maximum absolute atomic E-state index is 11.8. The third-order valence-corrected chi connectivity index (χ3v) is 3.25. The molecule has 0 aliphatic rings. The molecule has 3 aromatic carbocycles. The van der Waals surface area contributed by atoms with Crippen LogP contribution >= 0.6 is 0 Å². The molecule has 2 amide bonds. The van der Waals surface area contributed by atoms with E-state index in [9.17, 15) is 4.79 Å². The average Bonchev–Trinajstić information content (AvgIpc) is 2.64. The molecule has 0 unspecified atom stereocenters. The van der Waals surface area contributed by atoms with Crippen molar-refractivity contribution in [3.63, 3.8) is 0 Å². The predicted octanol–water partition coefficient (Wildman–Crippen LogP) is 4.63. The van der Waals surface area contributed by atoms with Crippen molar-refractivity contribution in [3.05, 3.63) is 90.5 Å². The Bertz CT molecular complexity index is 849. The number of urea groups is 1. The van der Waals surface area contributed by atoms with Crippen molar-refractivity contribution in [1.29, 1.82) is 0 Å². The van der Waals surface area contributed by atoms with E-state index in [0.717, 1.165) is 11.3 Å². The van der Waals surface area contributed by atoms with Crippen molar-refractivity contribution in [3.8, 4) is 11.5 Å². The summed E-state index contributed by atoms with van der Waals surface area (Å²) in [6.07, 6.45) is 1.56. The molecule has 0 bridgehead atoms. The summed E-state index contributed by atoms with van der Waals surface area (Å²) >= 11 is 0. The van der Waals surface area contributed by atoms with Gasteiger partial charge in [0, 0.05) is 5.69 Å². The molecule has 0 saturated heterocycles. The van der Waals surface area contributed by atoms with Gasteiger partial charge in [-0.25, -0.2) is 10.2 Å². The largest absolute Gasteiger partial charge is 0.457 e. The van der Waals surface area contributed by atoms with Gasteiger partial charge in [0.1, 0.15) is 11.5 Å². The number of para-hydroxylation sites is 2. The summed E-state index contributed by atoms with van der Waals surface area (Å²) in [6, 6.07) is 25.7. The van der Waals surface area contributed by atoms with Gasteiger partial charge in [0.05, 0.1) is 6.21 Å². The molecule has 0 spiro atoms. The standard InChI is InChI=1S/C20H17N3O2/c24-20(22-17-9-3-1-4-10-17)23-21-15-16-8-7-13-19(14-16)25-18-11-5-2-6-12-18/h1-15H,(H2,22,23,24)/b21-15+. The van der Waals surface area contributed by atoms with E-state index in [1.54, 1.807) is 18.3 Å². The Morgan fingerprint density at radius 1 is 0.840 bits per heavy atom. The Labute approximate surface area is 146 Å². The highest BCUT2D eigenvalue weighted by Crippen LogP contribution is 2.21. The highest BCUT2D eigenvalue weighted by Gasteiger charge is 1.99. The molecular weight excluding hydrogens is 314 g/mol. The summed E-state index contributed by atoms with van der Waals surface area (Å²) in [5.74, 6) is 1.46. The zero-order chi connectivity index (χ0) is 17.3. The average molecular weight is 331 g/mol. The van der Waals surface area contributed by atoms with Gasteiger partial charge in [0.15, 0.2) is 0 Å². The predicted molar refractivity (Wildman–Crippen MR) is 99.1 cm³/mol. The van der Waals surface area contributed by atoms with E-state index < -0.39 is 6.03 Å². The molecule has 0 radical (unpaired) electrons. The Morgan fingerprint density at radius 2 is 1.52 bits per heavy atom. The molecule has 3 aromatic rings. The SMILES string of the molecule is O=C(N/N=C/c1cccc(Oc2ccccc2)c1)Nc1ccccc1. The van der Waals surface area contributed by atoms with E-state index in [1.807, 2.05) is 72.8 Å². The Hall–Kier alpha value is -3.60. The Morgan fingerprint density at radius 3 is 2.28 bits per heavy atom. The van der Waals surface area contributed by atoms with E-state index in [1.165, 1.54) is 0 Å². The first-order valence-corrected chi connectivity index (χ1v) is 7.78. The number of hydrazone groups is 1. The molecule has 0 aliphatic heterocycles. The number of ether oxygens (including phenoxy) is 1. The minimum atomic E-state index is -0.404. The number of nitrogens with one attached hydrogen (secondary N) is 2. The number of carbonyl (C=O) groups excluding carboxylic acids is 1. The molecule has 0 aliphatic carbocycles. The fourth-order valence-corrected chi connectivity index (χ4v) is 2.13. The first-order chi connectivity index (χ1) is 12.3. The summed E-state index contributed by atoms with van der Waals surface area (Å²) in [7, 11) is 0. The van der Waals surface area contributed by atoms with E-state index in [2.05, 4.69) is 15.8 Å². The first-order valence-electron chi connectivity index (χ1n) is 7.78. The lowest BCUT2D eigenvalue weighted by Crippen LogP contribution is -2.24. The van der Waals surface area contributed by atoms with Gasteiger partial charge < -0.3 is 10.1 Å². The van der Waals surface area contributed by atoms with Crippen molar-refractivity contribution in [2.75, 3.05) is 5.32 Å². The quantitative estimate of drug-likeness (QED) is 0.529. The minimum absolute atomic E-state index is 0.404. The van der Waals surface area contributed by atoms with E-state index in [0.29, 0.717) is 11.4 Å². The molecular formula is C20H17N3O2. The van der Waals surface area contributed by atoms with E-state index >= 15 is 0 Å². The number of carbonyl (C=O) groups is 1. The van der Waals surface area contributed by atoms with Crippen LogP contribution in [0, 0.1) is 0 Å². The second-order valence-corrected chi connectivity index (χ2v) is 5.18. The summed E-state index contributed by atoms with van der Waals surface area (Å²) in [5.41, 5.74) is 3.94. The van der Waals surface area contributed by atoms with Crippen molar-refractivity contribution in [1.82, 2.24) is 5.43 Å². The molecule has 25 heavy (non-hydrogen) atoms. The van der Waals surface area contributed by atoms with Gasteiger partial charge in [-0.2, -0.15) is 5.10 Å². The summed E-state index contributed by atoms with van der Waals surface area (Å²) in [5, 5.41) is 6.63. The zero-order valence-electron chi connectivity index (χ0n) is 13.4. The number of nitrogens with zero attached hydrogens (tertiary/aromatic N) is 1. The second kappa shape index (κ2) is 8.31. The van der Waals surface area contributed by atoms with Gasteiger partial charge in [-0.15, -0.1) is 0 Å². The fourth-order valence-electron chi connectivity index (χ4n) is 2.13. The maximum Gasteiger partial charge on any atom is 0.339 e. The van der Waals surface area contributed by atoms with Crippen LogP contribution in [0.15, 0.2) is 90.0 Å². The van der Waals surface area contributed by atoms with Crippen LogP contribution < -0.4 is 15.5 Å². The molecule has 0 atom stereocenters. The highest BCUT2D eigenvalue weighted by atomic mass is 16.5. The number of rotatable bonds is 5. The minimum Gasteiger partial charge on any atom is -0.457 e. The highest BCUT2D eigenvalue weighted by molar-refractivity contribution is 5.90. The third-order valence-electron chi connectivity index (χ3n) is 3.25. The summed E-state index contributed by atoms with van der Waals surface area (Å²) < 4.78 is 5.76. The van der Waals surface area contributed by atoms with Crippen LogP contribution in [-0.4, -0.2) is 12.2 Å². The topological polar surface area (TPSA) is 62.7 Å². The Kier molecular flexibility index (Phi) is 5.40. The normalized spacial score (nSPS) is 10.4. The van der Waals surface area contributed by atoms with Gasteiger partial charge in [0.25, 0.3) is 0 Å². The lowest BCUT2D eigenvalue weighted by molar-refractivity contribution is 0.252. The summed E-state index contributed by atoms with van der Waals surface area (Å²) in [4.78, 5) is 11.8. The van der Waals surface area contributed by atoms with Crippen LogP contribution in [0.25, 0.3) is 0 Å². The maximum atomic E-state index is 11.8. The lowest BCUT2D eigenvalue weighted by atomic mass is 10.2. The third kappa shape index (κ3) is 5.21. The number of amides is 2. The van der Waals surface area contributed by atoms with Gasteiger partial charge >= 0.3 is 6.03 Å². The van der Waals surface area contributed by atoms with Crippen LogP contribution in [0.1, 0.15) is 5.56 Å².